The average Bonchev–Trinajstić information content (AvgIpc) is 1.57. The zero-order valence-electron chi connectivity index (χ0n) is 53.3. The van der Waals surface area contributed by atoms with Crippen molar-refractivity contribution >= 4 is 120 Å². The summed E-state index contributed by atoms with van der Waals surface area (Å²) in [6.45, 7) is 8.57. The van der Waals surface area contributed by atoms with Crippen LogP contribution in [0.2, 0.25) is 0 Å². The molecule has 0 saturated carbocycles. The molecule has 5 heterocycles. The number of aromatic nitrogens is 4. The van der Waals surface area contributed by atoms with Crippen molar-refractivity contribution in [3.05, 3.63) is 156 Å². The Morgan fingerprint density at radius 1 is 0.391 bits per heavy atom. The van der Waals surface area contributed by atoms with Gasteiger partial charge in [0.25, 0.3) is 0 Å². The second kappa shape index (κ2) is 34.6. The van der Waals surface area contributed by atoms with Gasteiger partial charge in [-0.25, -0.2) is 9.97 Å². The maximum Gasteiger partial charge on any atom is 0.311 e. The molecule has 7 aromatic rings. The van der Waals surface area contributed by atoms with Crippen molar-refractivity contribution in [3.63, 3.8) is 0 Å². The Morgan fingerprint density at radius 3 is 1.13 bits per heavy atom. The van der Waals surface area contributed by atoms with Crippen LogP contribution in [0.4, 0.5) is 0 Å². The molecule has 4 atom stereocenters. The van der Waals surface area contributed by atoms with Crippen LogP contribution in [0.1, 0.15) is 184 Å². The van der Waals surface area contributed by atoms with Crippen LogP contribution in [-0.2, 0) is 19.2 Å². The number of fused-ring (bicyclic) bond motifs is 8. The fourth-order valence-electron chi connectivity index (χ4n) is 11.3. The smallest absolute Gasteiger partial charge is 0.311 e. The first kappa shape index (κ1) is 69.1. The fraction of sp³-hybridized carbons (Fsp3) is 0.368. The van der Waals surface area contributed by atoms with Crippen molar-refractivity contribution < 1.29 is 38.1 Å². The molecule has 0 radical (unpaired) electrons. The van der Waals surface area contributed by atoms with Gasteiger partial charge in [-0.2, -0.15) is 50.5 Å². The summed E-state index contributed by atoms with van der Waals surface area (Å²) in [5, 5.41) is 0.412. The molecular formula is C76H86N4O8S4. The van der Waals surface area contributed by atoms with Gasteiger partial charge in [0.05, 0.1) is 28.3 Å². The van der Waals surface area contributed by atoms with Gasteiger partial charge in [0.1, 0.15) is 23.0 Å². The van der Waals surface area contributed by atoms with Crippen molar-refractivity contribution in [3.8, 4) is 56.4 Å². The zero-order valence-corrected chi connectivity index (χ0v) is 56.8. The molecule has 4 unspecified atom stereocenters. The van der Waals surface area contributed by atoms with E-state index in [0.29, 0.717) is 82.4 Å². The molecule has 0 fully saturated rings. The predicted octanol–water partition coefficient (Wildman–Crippen LogP) is 19.8. The monoisotopic (exact) mass is 1310 g/mol. The first-order valence-electron chi connectivity index (χ1n) is 32.8. The number of aromatic amines is 2. The number of thiol groups is 4. The van der Waals surface area contributed by atoms with Crippen molar-refractivity contribution in [2.75, 3.05) is 0 Å². The first-order valence-corrected chi connectivity index (χ1v) is 34.9. The van der Waals surface area contributed by atoms with E-state index < -0.39 is 0 Å². The third-order valence-electron chi connectivity index (χ3n) is 16.4. The highest BCUT2D eigenvalue weighted by molar-refractivity contribution is 7.81. The quantitative estimate of drug-likeness (QED) is 0.0136. The number of carbonyl (C=O) groups excluding carboxylic acids is 4. The minimum Gasteiger partial charge on any atom is -0.427 e. The Hall–Kier alpha value is -7.24. The van der Waals surface area contributed by atoms with Crippen LogP contribution in [0.3, 0.4) is 0 Å². The number of rotatable bonds is 32. The third-order valence-corrected chi connectivity index (χ3v) is 18.5. The largest absolute Gasteiger partial charge is 0.427 e. The van der Waals surface area contributed by atoms with Crippen molar-refractivity contribution in [1.29, 1.82) is 0 Å². The number of ether oxygens (including phenoxy) is 4. The molecule has 9 rings (SSSR count). The van der Waals surface area contributed by atoms with Crippen LogP contribution >= 0.6 is 50.5 Å². The Balaban J connectivity index is 1.25. The number of esters is 4. The normalized spacial score (nSPS) is 13.2. The van der Waals surface area contributed by atoms with E-state index in [-0.39, 0.29) is 70.6 Å². The highest BCUT2D eigenvalue weighted by Gasteiger charge is 2.26. The molecule has 2 aliphatic heterocycles. The molecule has 0 amide bonds. The van der Waals surface area contributed by atoms with E-state index in [0.717, 1.165) is 133 Å². The van der Waals surface area contributed by atoms with Crippen LogP contribution in [0, 0.1) is 0 Å². The van der Waals surface area contributed by atoms with Crippen molar-refractivity contribution in [2.24, 2.45) is 0 Å². The lowest BCUT2D eigenvalue weighted by Crippen LogP contribution is -2.11. The minimum absolute atomic E-state index is 0.0940. The first-order chi connectivity index (χ1) is 44.6. The van der Waals surface area contributed by atoms with Crippen molar-refractivity contribution in [2.45, 2.75) is 177 Å². The zero-order chi connectivity index (χ0) is 64.9. The molecule has 92 heavy (non-hydrogen) atoms. The highest BCUT2D eigenvalue weighted by atomic mass is 32.1. The molecule has 2 aliphatic rings. The van der Waals surface area contributed by atoms with E-state index >= 15 is 0 Å². The molecule has 482 valence electrons. The number of benzene rings is 4. The summed E-state index contributed by atoms with van der Waals surface area (Å²) >= 11 is 19.0. The Morgan fingerprint density at radius 2 is 0.739 bits per heavy atom. The average molecular weight is 1310 g/mol. The molecule has 0 aliphatic carbocycles. The van der Waals surface area contributed by atoms with Gasteiger partial charge in [-0.1, -0.05) is 128 Å². The Kier molecular flexibility index (Phi) is 26.0. The maximum absolute atomic E-state index is 13.4. The van der Waals surface area contributed by atoms with E-state index in [4.69, 9.17) is 79.4 Å². The topological polar surface area (TPSA) is 163 Å². The summed E-state index contributed by atoms with van der Waals surface area (Å²) < 4.78 is 23.9. The van der Waals surface area contributed by atoms with E-state index in [1.54, 1.807) is 12.1 Å². The molecule has 0 spiro atoms. The van der Waals surface area contributed by atoms with E-state index in [1.165, 1.54) is 0 Å². The molecule has 12 nitrogen and oxygen atoms in total. The standard InChI is InChI=1S/C76H86N4O8S4/c1-5-9-13-62(89)37-41-68(81)85-58-29-17-49(18-30-58)66-47-57-46-55-26-25-53(77-55)45-54-27-28-56(78-54)48-67-72(50-19-31-59(32-20-50)86-69(82)42-38-63(90)14-10-6-2)73(51-21-33-60(34-22-51)87-70(83)43-39-64(91)15-11-7-3)76(80-67)74(75(66)79-57)52-23-35-61(36-24-52)88-71(84)44-40-65(92)16-12-8-4/h17-36,45-48,62-65,77,80,89-92H,5-16,37-44H2,1-4H3. The van der Waals surface area contributed by atoms with Crippen LogP contribution in [0.15, 0.2) is 127 Å². The molecule has 4 aromatic carbocycles. The van der Waals surface area contributed by atoms with Crippen LogP contribution in [-0.4, -0.2) is 64.8 Å². The fourth-order valence-corrected chi connectivity index (χ4v) is 12.6. The second-order valence-electron chi connectivity index (χ2n) is 23.9. The van der Waals surface area contributed by atoms with Crippen LogP contribution < -0.4 is 18.9 Å². The molecular weight excluding hydrogens is 1230 g/mol. The van der Waals surface area contributed by atoms with Gasteiger partial charge in [-0.05, 0) is 171 Å². The SMILES string of the molecule is CCCCC(S)CCC(=O)Oc1ccc(C2=Cc3cc4ccc(cc5nc(cc6[nH]c(c(-c7ccc(OC(=O)CCC(S)CCCC)cc7)c2n3)c(-c2ccc(OC(=O)CCC(S)CCCC)cc2)c6-c2ccc(OC(=O)CCC(S)CCCC)cc2)C=C5)[nH]4)cc1. The summed E-state index contributed by atoms with van der Waals surface area (Å²) in [7, 11) is 0. The number of nitrogens with one attached hydrogen (secondary N) is 2. The summed E-state index contributed by atoms with van der Waals surface area (Å²) in [6, 6.07) is 40.1. The summed E-state index contributed by atoms with van der Waals surface area (Å²) in [4.78, 5) is 71.6. The van der Waals surface area contributed by atoms with Gasteiger partial charge in [0, 0.05) is 85.5 Å². The third kappa shape index (κ3) is 19.9. The summed E-state index contributed by atoms with van der Waals surface area (Å²) in [5.74, 6) is 0.264. The lowest BCUT2D eigenvalue weighted by Gasteiger charge is -2.14. The molecule has 2 N–H and O–H groups in total. The van der Waals surface area contributed by atoms with Crippen LogP contribution in [0.25, 0.3) is 79.2 Å². The van der Waals surface area contributed by atoms with E-state index in [1.807, 2.05) is 127 Å². The molecule has 0 saturated heterocycles. The van der Waals surface area contributed by atoms with Crippen LogP contribution in [0.5, 0.6) is 23.0 Å². The highest BCUT2D eigenvalue weighted by Crippen LogP contribution is 2.47. The number of unbranched alkanes of at least 4 members (excludes halogenated alkanes) is 4. The van der Waals surface area contributed by atoms with E-state index in [9.17, 15) is 19.2 Å². The van der Waals surface area contributed by atoms with Gasteiger partial charge in [-0.15, -0.1) is 0 Å². The summed E-state index contributed by atoms with van der Waals surface area (Å²) in [6.07, 6.45) is 21.6. The van der Waals surface area contributed by atoms with E-state index in [2.05, 4.69) is 43.7 Å². The predicted molar refractivity (Wildman–Crippen MR) is 388 cm³/mol. The number of H-pyrrole nitrogens is 2. The summed E-state index contributed by atoms with van der Waals surface area (Å²) in [5.41, 5.74) is 11.9. The maximum atomic E-state index is 13.4. The van der Waals surface area contributed by atoms with Gasteiger partial charge >= 0.3 is 23.9 Å². The minimum atomic E-state index is -0.342. The number of carbonyl (C=O) groups is 4. The Bertz CT molecular complexity index is 3880. The van der Waals surface area contributed by atoms with Gasteiger partial charge < -0.3 is 28.9 Å². The van der Waals surface area contributed by atoms with Crippen molar-refractivity contribution in [1.82, 2.24) is 19.9 Å². The number of hydrogen-bond donors (Lipinski definition) is 6. The number of hydrogen-bond acceptors (Lipinski definition) is 14. The van der Waals surface area contributed by atoms with Gasteiger partial charge in [0.2, 0.25) is 0 Å². The lowest BCUT2D eigenvalue weighted by molar-refractivity contribution is -0.135. The second-order valence-corrected chi connectivity index (χ2v) is 26.8. The number of nitrogens with zero attached hydrogens (tertiary/aromatic N) is 2. The lowest BCUT2D eigenvalue weighted by atomic mass is 9.91. The molecule has 8 bridgehead atoms. The Labute approximate surface area is 563 Å². The van der Waals surface area contributed by atoms with Gasteiger partial charge in [-0.3, -0.25) is 19.2 Å². The van der Waals surface area contributed by atoms with Gasteiger partial charge in [0.15, 0.2) is 0 Å². The molecule has 3 aromatic heterocycles. The molecule has 16 heteroatoms.